The number of hydrogen-bond acceptors (Lipinski definition) is 4. The molecule has 0 saturated carbocycles. The minimum absolute atomic E-state index is 0.107. The van der Waals surface area contributed by atoms with Crippen molar-refractivity contribution in [3.63, 3.8) is 0 Å². The van der Waals surface area contributed by atoms with E-state index < -0.39 is 4.92 Å². The van der Waals surface area contributed by atoms with Crippen LogP contribution in [0.3, 0.4) is 0 Å². The highest BCUT2D eigenvalue weighted by Gasteiger charge is 2.20. The van der Waals surface area contributed by atoms with Crippen LogP contribution in [-0.4, -0.2) is 19.4 Å². The number of rotatable bonds is 2. The fraction of sp³-hybridized carbons (Fsp3) is 0. The van der Waals surface area contributed by atoms with Crippen LogP contribution in [0.4, 0.5) is 5.69 Å². The molecule has 0 atom stereocenters. The Morgan fingerprint density at radius 1 is 1.16 bits per heavy atom. The number of benzene rings is 1. The van der Waals surface area contributed by atoms with Crippen LogP contribution < -0.4 is 0 Å². The molecular weight excluding hydrogens is 246 g/mol. The Balaban J connectivity index is 2.32. The number of nitro groups is 1. The maximum absolute atomic E-state index is 10.9. The third kappa shape index (κ3) is 1.70. The molecule has 2 heterocycles. The first-order valence-corrected chi connectivity index (χ1v) is 5.58. The molecule has 6 heteroatoms. The number of nitrogens with zero attached hydrogens (tertiary/aromatic N) is 3. The number of hydrogen-bond donors (Lipinski definition) is 1. The molecule has 94 valence electrons. The molecule has 0 saturated heterocycles. The Morgan fingerprint density at radius 3 is 2.58 bits per heavy atom. The second kappa shape index (κ2) is 4.09. The van der Waals surface area contributed by atoms with Crippen molar-refractivity contribution < 1.29 is 10.0 Å². The molecule has 0 aliphatic carbocycles. The molecule has 0 amide bonds. The van der Waals surface area contributed by atoms with Gasteiger partial charge in [-0.05, 0) is 6.07 Å². The zero-order valence-electron chi connectivity index (χ0n) is 9.72. The first-order valence-electron chi connectivity index (χ1n) is 5.58. The van der Waals surface area contributed by atoms with Gasteiger partial charge in [0.15, 0.2) is 0 Å². The van der Waals surface area contributed by atoms with Gasteiger partial charge in [0.2, 0.25) is 11.5 Å². The lowest BCUT2D eigenvalue weighted by atomic mass is 10.2. The van der Waals surface area contributed by atoms with Gasteiger partial charge in [-0.25, -0.2) is 4.98 Å². The van der Waals surface area contributed by atoms with Gasteiger partial charge in [-0.2, -0.15) is 0 Å². The number of pyridine rings is 1. The van der Waals surface area contributed by atoms with Crippen LogP contribution in [0.2, 0.25) is 0 Å². The van der Waals surface area contributed by atoms with Gasteiger partial charge in [-0.15, -0.1) is 0 Å². The van der Waals surface area contributed by atoms with Gasteiger partial charge in [0.25, 0.3) is 0 Å². The molecule has 0 aliphatic heterocycles. The first kappa shape index (κ1) is 11.2. The minimum atomic E-state index is -0.517. The van der Waals surface area contributed by atoms with E-state index in [2.05, 4.69) is 4.98 Å². The first-order chi connectivity index (χ1) is 9.18. The maximum Gasteiger partial charge on any atom is 0.312 e. The number of aromatic nitrogens is 2. The molecule has 6 nitrogen and oxygen atoms in total. The second-order valence-corrected chi connectivity index (χ2v) is 3.99. The van der Waals surface area contributed by atoms with E-state index in [4.69, 9.17) is 0 Å². The summed E-state index contributed by atoms with van der Waals surface area (Å²) in [5, 5.41) is 21.1. The Bertz CT molecular complexity index is 765. The third-order valence-corrected chi connectivity index (χ3v) is 2.85. The van der Waals surface area contributed by atoms with Crippen molar-refractivity contribution in [2.45, 2.75) is 0 Å². The molecule has 0 radical (unpaired) electrons. The Labute approximate surface area is 107 Å². The zero-order valence-corrected chi connectivity index (χ0v) is 9.72. The van der Waals surface area contributed by atoms with E-state index in [9.17, 15) is 15.2 Å². The van der Waals surface area contributed by atoms with Gasteiger partial charge >= 0.3 is 5.69 Å². The van der Waals surface area contributed by atoms with Crippen molar-refractivity contribution in [1.29, 1.82) is 0 Å². The monoisotopic (exact) mass is 255 g/mol. The average Bonchev–Trinajstić information content (AvgIpc) is 2.77. The number of fused-ring (bicyclic) bond motifs is 1. The van der Waals surface area contributed by atoms with Crippen molar-refractivity contribution in [2.75, 3.05) is 0 Å². The molecule has 1 aromatic carbocycles. The Hall–Kier alpha value is -2.89. The molecule has 2 aromatic heterocycles. The van der Waals surface area contributed by atoms with Gasteiger partial charge in [0, 0.05) is 17.8 Å². The summed E-state index contributed by atoms with van der Waals surface area (Å²) in [5.74, 6) is -0.107. The van der Waals surface area contributed by atoms with Crippen LogP contribution in [0, 0.1) is 10.1 Å². The van der Waals surface area contributed by atoms with Crippen molar-refractivity contribution >= 4 is 11.3 Å². The third-order valence-electron chi connectivity index (χ3n) is 2.85. The van der Waals surface area contributed by atoms with Crippen LogP contribution in [0.15, 0.2) is 48.7 Å². The van der Waals surface area contributed by atoms with Crippen molar-refractivity contribution in [2.24, 2.45) is 0 Å². The molecule has 3 aromatic rings. The molecule has 0 spiro atoms. The van der Waals surface area contributed by atoms with E-state index in [1.54, 1.807) is 12.1 Å². The summed E-state index contributed by atoms with van der Waals surface area (Å²) >= 11 is 0. The average molecular weight is 255 g/mol. The molecule has 0 bridgehead atoms. The summed E-state index contributed by atoms with van der Waals surface area (Å²) in [6.07, 6.45) is 1.54. The fourth-order valence-corrected chi connectivity index (χ4v) is 1.97. The largest absolute Gasteiger partial charge is 0.493 e. The van der Waals surface area contributed by atoms with E-state index >= 15 is 0 Å². The van der Waals surface area contributed by atoms with Gasteiger partial charge in [-0.1, -0.05) is 30.3 Å². The standard InChI is InChI=1S/C13H9N3O3/c17-13-11(9-5-2-1-3-6-9)14-12-10(16(18)19)7-4-8-15(12)13/h1-8,17H. The highest BCUT2D eigenvalue weighted by atomic mass is 16.6. The van der Waals surface area contributed by atoms with E-state index in [-0.39, 0.29) is 17.2 Å². The Kier molecular flexibility index (Phi) is 2.42. The highest BCUT2D eigenvalue weighted by molar-refractivity contribution is 5.73. The summed E-state index contributed by atoms with van der Waals surface area (Å²) in [7, 11) is 0. The molecule has 19 heavy (non-hydrogen) atoms. The lowest BCUT2D eigenvalue weighted by Gasteiger charge is -1.97. The van der Waals surface area contributed by atoms with Crippen LogP contribution in [0.1, 0.15) is 0 Å². The number of imidazole rings is 1. The van der Waals surface area contributed by atoms with Crippen LogP contribution in [0.5, 0.6) is 5.88 Å². The van der Waals surface area contributed by atoms with Crippen LogP contribution in [-0.2, 0) is 0 Å². The molecule has 0 aliphatic rings. The van der Waals surface area contributed by atoms with Crippen molar-refractivity contribution in [1.82, 2.24) is 9.38 Å². The zero-order chi connectivity index (χ0) is 13.4. The highest BCUT2D eigenvalue weighted by Crippen LogP contribution is 2.32. The van der Waals surface area contributed by atoms with Crippen LogP contribution >= 0.6 is 0 Å². The van der Waals surface area contributed by atoms with Crippen LogP contribution in [0.25, 0.3) is 16.9 Å². The molecule has 3 rings (SSSR count). The minimum Gasteiger partial charge on any atom is -0.493 e. The molecule has 0 unspecified atom stereocenters. The van der Waals surface area contributed by atoms with Gasteiger partial charge < -0.3 is 5.11 Å². The molecule has 1 N–H and O–H groups in total. The lowest BCUT2D eigenvalue weighted by Crippen LogP contribution is -1.92. The summed E-state index contributed by atoms with van der Waals surface area (Å²) in [6.45, 7) is 0. The summed E-state index contributed by atoms with van der Waals surface area (Å²) in [6, 6.07) is 11.9. The summed E-state index contributed by atoms with van der Waals surface area (Å²) in [4.78, 5) is 14.6. The predicted octanol–water partition coefficient (Wildman–Crippen LogP) is 2.62. The molecule has 0 fully saturated rings. The topological polar surface area (TPSA) is 80.7 Å². The SMILES string of the molecule is O=[N+]([O-])c1cccn2c(O)c(-c3ccccc3)nc12. The van der Waals surface area contributed by atoms with Gasteiger partial charge in [0.1, 0.15) is 5.69 Å². The normalized spacial score (nSPS) is 10.7. The Morgan fingerprint density at radius 2 is 1.89 bits per heavy atom. The van der Waals surface area contributed by atoms with E-state index in [1.165, 1.54) is 22.7 Å². The van der Waals surface area contributed by atoms with Crippen molar-refractivity contribution in [3.05, 3.63) is 58.8 Å². The molecular formula is C13H9N3O3. The smallest absolute Gasteiger partial charge is 0.312 e. The lowest BCUT2D eigenvalue weighted by molar-refractivity contribution is -0.383. The second-order valence-electron chi connectivity index (χ2n) is 3.99. The summed E-state index contributed by atoms with van der Waals surface area (Å²) in [5.41, 5.74) is 1.02. The van der Waals surface area contributed by atoms with E-state index in [1.807, 2.05) is 18.2 Å². The quantitative estimate of drug-likeness (QED) is 0.563. The van der Waals surface area contributed by atoms with Gasteiger partial charge in [0.05, 0.1) is 4.92 Å². The van der Waals surface area contributed by atoms with Gasteiger partial charge in [-0.3, -0.25) is 14.5 Å². The summed E-state index contributed by atoms with van der Waals surface area (Å²) < 4.78 is 1.31. The predicted molar refractivity (Wildman–Crippen MR) is 68.9 cm³/mol. The van der Waals surface area contributed by atoms with Crippen molar-refractivity contribution in [3.8, 4) is 17.1 Å². The fourth-order valence-electron chi connectivity index (χ4n) is 1.97. The van der Waals surface area contributed by atoms with E-state index in [0.717, 1.165) is 0 Å². The van der Waals surface area contributed by atoms with E-state index in [0.29, 0.717) is 11.3 Å². The maximum atomic E-state index is 10.9. The number of aromatic hydroxyl groups is 1.